The van der Waals surface area contributed by atoms with Crippen LogP contribution in [0, 0.1) is 0 Å². The summed E-state index contributed by atoms with van der Waals surface area (Å²) in [4.78, 5) is 10.9. The maximum atomic E-state index is 6.04. The lowest BCUT2D eigenvalue weighted by Gasteiger charge is -2.32. The van der Waals surface area contributed by atoms with Crippen LogP contribution in [0.1, 0.15) is 37.9 Å². The van der Waals surface area contributed by atoms with Crippen LogP contribution >= 0.6 is 11.6 Å². The molecule has 1 aromatic rings. The van der Waals surface area contributed by atoms with Gasteiger partial charge in [-0.25, -0.2) is 9.97 Å². The van der Waals surface area contributed by atoms with E-state index in [2.05, 4.69) is 21.9 Å². The molecule has 0 saturated heterocycles. The van der Waals surface area contributed by atoms with Crippen molar-refractivity contribution in [3.05, 3.63) is 17.0 Å². The van der Waals surface area contributed by atoms with Crippen molar-refractivity contribution in [3.8, 4) is 0 Å². The van der Waals surface area contributed by atoms with Crippen LogP contribution in [0.5, 0.6) is 0 Å². The fraction of sp³-hybridized carbons (Fsp3) is 0.692. The fourth-order valence-electron chi connectivity index (χ4n) is 2.48. The Kier molecular flexibility index (Phi) is 4.78. The van der Waals surface area contributed by atoms with E-state index < -0.39 is 0 Å². The molecule has 0 radical (unpaired) electrons. The molecule has 100 valence electrons. The van der Waals surface area contributed by atoms with Gasteiger partial charge in [0.15, 0.2) is 5.82 Å². The molecule has 1 heterocycles. The Bertz CT molecular complexity index is 394. The minimum atomic E-state index is 0.395. The number of ether oxygens (including phenoxy) is 1. The molecule has 1 aliphatic rings. The van der Waals surface area contributed by atoms with E-state index in [9.17, 15) is 0 Å². The minimum Gasteiger partial charge on any atom is -0.377 e. The van der Waals surface area contributed by atoms with E-state index in [1.165, 1.54) is 32.1 Å². The van der Waals surface area contributed by atoms with Gasteiger partial charge in [-0.2, -0.15) is 0 Å². The first-order chi connectivity index (χ1) is 8.70. The maximum absolute atomic E-state index is 6.04. The number of hydrogen-bond acceptors (Lipinski definition) is 4. The Morgan fingerprint density at radius 1 is 1.33 bits per heavy atom. The van der Waals surface area contributed by atoms with Gasteiger partial charge < -0.3 is 9.64 Å². The van der Waals surface area contributed by atoms with Gasteiger partial charge in [-0.15, -0.1) is 0 Å². The Morgan fingerprint density at radius 3 is 2.72 bits per heavy atom. The van der Waals surface area contributed by atoms with E-state index >= 15 is 0 Å². The van der Waals surface area contributed by atoms with Crippen LogP contribution in [-0.2, 0) is 11.3 Å². The minimum absolute atomic E-state index is 0.395. The van der Waals surface area contributed by atoms with Gasteiger partial charge in [0.25, 0.3) is 0 Å². The quantitative estimate of drug-likeness (QED) is 0.788. The van der Waals surface area contributed by atoms with Crippen LogP contribution in [0.3, 0.4) is 0 Å². The molecule has 18 heavy (non-hydrogen) atoms. The summed E-state index contributed by atoms with van der Waals surface area (Å²) in [6.07, 6.45) is 6.43. The highest BCUT2D eigenvalue weighted by atomic mass is 35.5. The molecule has 0 aliphatic heterocycles. The highest BCUT2D eigenvalue weighted by Gasteiger charge is 2.20. The van der Waals surface area contributed by atoms with Gasteiger partial charge in [0.2, 0.25) is 0 Å². The summed E-state index contributed by atoms with van der Waals surface area (Å²) in [5, 5.41) is 0.481. The van der Waals surface area contributed by atoms with Gasteiger partial charge in [0.1, 0.15) is 17.6 Å². The third kappa shape index (κ3) is 3.33. The highest BCUT2D eigenvalue weighted by Crippen LogP contribution is 2.26. The summed E-state index contributed by atoms with van der Waals surface area (Å²) in [5.74, 6) is 1.54. The molecular formula is C13H20ClN3O. The van der Waals surface area contributed by atoms with Crippen LogP contribution < -0.4 is 4.90 Å². The molecule has 0 spiro atoms. The van der Waals surface area contributed by atoms with Crippen molar-refractivity contribution in [1.82, 2.24) is 9.97 Å². The SMILES string of the molecule is COCc1nc(Cl)cc(N(C)C2CCCCC2)n1. The van der Waals surface area contributed by atoms with Crippen molar-refractivity contribution in [2.75, 3.05) is 19.1 Å². The number of hydrogen-bond donors (Lipinski definition) is 0. The second kappa shape index (κ2) is 6.34. The van der Waals surface area contributed by atoms with E-state index in [4.69, 9.17) is 16.3 Å². The van der Waals surface area contributed by atoms with Gasteiger partial charge in [0, 0.05) is 26.3 Å². The number of nitrogens with zero attached hydrogens (tertiary/aromatic N) is 3. The van der Waals surface area contributed by atoms with E-state index in [-0.39, 0.29) is 0 Å². The molecule has 1 fully saturated rings. The molecule has 0 unspecified atom stereocenters. The molecular weight excluding hydrogens is 250 g/mol. The molecule has 1 aromatic heterocycles. The molecule has 0 atom stereocenters. The lowest BCUT2D eigenvalue weighted by molar-refractivity contribution is 0.178. The Morgan fingerprint density at radius 2 is 2.06 bits per heavy atom. The summed E-state index contributed by atoms with van der Waals surface area (Å²) in [6.45, 7) is 0.395. The summed E-state index contributed by atoms with van der Waals surface area (Å²) in [5.41, 5.74) is 0. The van der Waals surface area contributed by atoms with Crippen molar-refractivity contribution in [2.24, 2.45) is 0 Å². The zero-order valence-corrected chi connectivity index (χ0v) is 11.8. The van der Waals surface area contributed by atoms with Crippen molar-refractivity contribution in [1.29, 1.82) is 0 Å². The van der Waals surface area contributed by atoms with E-state index in [0.29, 0.717) is 23.6 Å². The first kappa shape index (κ1) is 13.6. The average Bonchev–Trinajstić information content (AvgIpc) is 2.38. The Hall–Kier alpha value is -0.870. The predicted octanol–water partition coefficient (Wildman–Crippen LogP) is 3.05. The van der Waals surface area contributed by atoms with Gasteiger partial charge in [-0.1, -0.05) is 30.9 Å². The van der Waals surface area contributed by atoms with Crippen molar-refractivity contribution in [3.63, 3.8) is 0 Å². The van der Waals surface area contributed by atoms with E-state index in [1.807, 2.05) is 6.07 Å². The fourth-order valence-corrected chi connectivity index (χ4v) is 2.68. The maximum Gasteiger partial charge on any atom is 0.158 e. The summed E-state index contributed by atoms with van der Waals surface area (Å²) >= 11 is 6.04. The normalized spacial score (nSPS) is 16.8. The molecule has 2 rings (SSSR count). The first-order valence-corrected chi connectivity index (χ1v) is 6.83. The van der Waals surface area contributed by atoms with Crippen molar-refractivity contribution >= 4 is 17.4 Å². The molecule has 1 saturated carbocycles. The largest absolute Gasteiger partial charge is 0.377 e. The molecule has 0 bridgehead atoms. The topological polar surface area (TPSA) is 38.2 Å². The molecule has 0 amide bonds. The number of anilines is 1. The summed E-state index contributed by atoms with van der Waals surface area (Å²) in [6, 6.07) is 2.40. The number of rotatable bonds is 4. The van der Waals surface area contributed by atoms with Gasteiger partial charge in [0.05, 0.1) is 0 Å². The van der Waals surface area contributed by atoms with Crippen molar-refractivity contribution < 1.29 is 4.74 Å². The summed E-state index contributed by atoms with van der Waals surface area (Å²) in [7, 11) is 3.72. The van der Waals surface area contributed by atoms with E-state index in [1.54, 1.807) is 7.11 Å². The van der Waals surface area contributed by atoms with Crippen LogP contribution in [-0.4, -0.2) is 30.2 Å². The standard InChI is InChI=1S/C13H20ClN3O/c1-17(10-6-4-3-5-7-10)13-8-11(14)15-12(16-13)9-18-2/h8,10H,3-7,9H2,1-2H3. The van der Waals surface area contributed by atoms with Crippen LogP contribution in [0.25, 0.3) is 0 Å². The Labute approximate surface area is 113 Å². The lowest BCUT2D eigenvalue weighted by Crippen LogP contribution is -2.34. The van der Waals surface area contributed by atoms with Gasteiger partial charge in [-0.05, 0) is 12.8 Å². The molecule has 5 heteroatoms. The summed E-state index contributed by atoms with van der Waals surface area (Å²) < 4.78 is 5.06. The molecule has 0 aromatic carbocycles. The van der Waals surface area contributed by atoms with Crippen LogP contribution in [0.2, 0.25) is 5.15 Å². The second-order valence-electron chi connectivity index (χ2n) is 4.80. The molecule has 0 N–H and O–H groups in total. The first-order valence-electron chi connectivity index (χ1n) is 6.46. The predicted molar refractivity (Wildman–Crippen MR) is 73.0 cm³/mol. The van der Waals surface area contributed by atoms with Gasteiger partial charge in [-0.3, -0.25) is 0 Å². The van der Waals surface area contributed by atoms with Gasteiger partial charge >= 0.3 is 0 Å². The number of halogens is 1. The third-order valence-electron chi connectivity index (χ3n) is 3.48. The third-order valence-corrected chi connectivity index (χ3v) is 3.68. The molecule has 4 nitrogen and oxygen atoms in total. The average molecular weight is 270 g/mol. The van der Waals surface area contributed by atoms with Crippen LogP contribution in [0.15, 0.2) is 6.07 Å². The van der Waals surface area contributed by atoms with Crippen molar-refractivity contribution in [2.45, 2.75) is 44.8 Å². The monoisotopic (exact) mass is 269 g/mol. The smallest absolute Gasteiger partial charge is 0.158 e. The molecule has 1 aliphatic carbocycles. The zero-order valence-electron chi connectivity index (χ0n) is 11.0. The van der Waals surface area contributed by atoms with E-state index in [0.717, 1.165) is 5.82 Å². The number of methoxy groups -OCH3 is 1. The lowest BCUT2D eigenvalue weighted by atomic mass is 9.94. The highest BCUT2D eigenvalue weighted by molar-refractivity contribution is 6.29. The number of aromatic nitrogens is 2. The zero-order chi connectivity index (χ0) is 13.0. The second-order valence-corrected chi connectivity index (χ2v) is 5.19. The van der Waals surface area contributed by atoms with Crippen LogP contribution in [0.4, 0.5) is 5.82 Å². The Balaban J connectivity index is 2.15.